The Morgan fingerprint density at radius 2 is 1.79 bits per heavy atom. The summed E-state index contributed by atoms with van der Waals surface area (Å²) in [5.41, 5.74) is 4.87. The van der Waals surface area contributed by atoms with Gasteiger partial charge in [-0.15, -0.1) is 0 Å². The van der Waals surface area contributed by atoms with Crippen LogP contribution in [0.4, 0.5) is 0 Å². The highest BCUT2D eigenvalue weighted by Crippen LogP contribution is 2.21. The summed E-state index contributed by atoms with van der Waals surface area (Å²) in [5.74, 6) is -0.477. The second-order valence-electron chi connectivity index (χ2n) is 6.11. The summed E-state index contributed by atoms with van der Waals surface area (Å²) in [6.45, 7) is 4.14. The van der Waals surface area contributed by atoms with Crippen molar-refractivity contribution in [1.82, 2.24) is 0 Å². The van der Waals surface area contributed by atoms with E-state index in [0.29, 0.717) is 11.1 Å². The summed E-state index contributed by atoms with van der Waals surface area (Å²) < 4.78 is 9.86. The number of oxime groups is 1. The predicted molar refractivity (Wildman–Crippen MR) is 112 cm³/mol. The lowest BCUT2D eigenvalue weighted by Gasteiger charge is -2.10. The number of allylic oxidation sites excluding steroid dienone is 1. The van der Waals surface area contributed by atoms with Crippen LogP contribution < -0.4 is 0 Å². The van der Waals surface area contributed by atoms with Crippen molar-refractivity contribution in [2.75, 3.05) is 14.2 Å². The first-order chi connectivity index (χ1) is 13.6. The molecule has 0 radical (unpaired) electrons. The van der Waals surface area contributed by atoms with Crippen LogP contribution in [0, 0.1) is 6.92 Å². The Hall–Kier alpha value is -3.34. The summed E-state index contributed by atoms with van der Waals surface area (Å²) >= 11 is 0. The van der Waals surface area contributed by atoms with Gasteiger partial charge in [-0.1, -0.05) is 59.8 Å². The van der Waals surface area contributed by atoms with Crippen molar-refractivity contribution in [3.63, 3.8) is 0 Å². The molecule has 5 heteroatoms. The number of hydrogen-bond donors (Lipinski definition) is 0. The van der Waals surface area contributed by atoms with Crippen LogP contribution >= 0.6 is 0 Å². The number of carbonyl (C=O) groups excluding carboxylic acids is 1. The van der Waals surface area contributed by atoms with Crippen LogP contribution in [0.15, 0.2) is 66.0 Å². The van der Waals surface area contributed by atoms with Gasteiger partial charge in [0.05, 0.1) is 26.2 Å². The second kappa shape index (κ2) is 10.7. The summed E-state index contributed by atoms with van der Waals surface area (Å²) in [6.07, 6.45) is 5.27. The molecule has 2 rings (SSSR count). The number of ether oxygens (including phenoxy) is 2. The number of benzene rings is 2. The van der Waals surface area contributed by atoms with Crippen molar-refractivity contribution in [3.05, 3.63) is 83.1 Å². The number of hydrogen-bond acceptors (Lipinski definition) is 5. The lowest BCUT2D eigenvalue weighted by atomic mass is 10.0. The average Bonchev–Trinajstić information content (AvgIpc) is 2.71. The maximum atomic E-state index is 12.0. The van der Waals surface area contributed by atoms with Crippen LogP contribution in [-0.2, 0) is 25.7 Å². The van der Waals surface area contributed by atoms with Gasteiger partial charge in [0, 0.05) is 5.56 Å². The molecule has 0 saturated carbocycles. The molecule has 2 aromatic rings. The summed E-state index contributed by atoms with van der Waals surface area (Å²) in [7, 11) is 2.82. The Bertz CT molecular complexity index is 897. The third-order valence-electron chi connectivity index (χ3n) is 4.07. The van der Waals surface area contributed by atoms with Crippen molar-refractivity contribution in [2.45, 2.75) is 20.5 Å². The number of aryl methyl sites for hydroxylation is 1. The maximum absolute atomic E-state index is 12.0. The van der Waals surface area contributed by atoms with Crippen LogP contribution in [0.1, 0.15) is 29.2 Å². The first-order valence-electron chi connectivity index (χ1n) is 8.86. The third kappa shape index (κ3) is 5.84. The van der Waals surface area contributed by atoms with Crippen molar-refractivity contribution >= 4 is 23.3 Å². The quantitative estimate of drug-likeness (QED) is 0.218. The first kappa shape index (κ1) is 21.0. The fraction of sp³-hybridized carbons (Fsp3) is 0.217. The van der Waals surface area contributed by atoms with E-state index in [9.17, 15) is 4.79 Å². The summed E-state index contributed by atoms with van der Waals surface area (Å²) in [6, 6.07) is 15.5. The lowest BCUT2D eigenvalue weighted by molar-refractivity contribution is -0.133. The van der Waals surface area contributed by atoms with Gasteiger partial charge in [0.1, 0.15) is 12.2 Å². The van der Waals surface area contributed by atoms with Crippen LogP contribution in [0.25, 0.3) is 11.6 Å². The van der Waals surface area contributed by atoms with Gasteiger partial charge in [0.15, 0.2) is 0 Å². The van der Waals surface area contributed by atoms with Crippen LogP contribution in [0.3, 0.4) is 0 Å². The van der Waals surface area contributed by atoms with Gasteiger partial charge >= 0.3 is 5.97 Å². The second-order valence-corrected chi connectivity index (χ2v) is 6.11. The molecule has 2 aromatic carbocycles. The molecule has 0 aliphatic heterocycles. The number of rotatable bonds is 8. The minimum absolute atomic E-state index is 0.212. The summed E-state index contributed by atoms with van der Waals surface area (Å²) in [5, 5.41) is 4.14. The molecule has 0 aliphatic carbocycles. The Morgan fingerprint density at radius 3 is 2.50 bits per heavy atom. The van der Waals surface area contributed by atoms with E-state index < -0.39 is 5.97 Å². The molecule has 0 fully saturated rings. The molecule has 0 N–H and O–H groups in total. The molecular weight excluding hydrogens is 354 g/mol. The zero-order valence-corrected chi connectivity index (χ0v) is 16.6. The van der Waals surface area contributed by atoms with Crippen molar-refractivity contribution in [1.29, 1.82) is 0 Å². The molecule has 0 aliphatic rings. The highest BCUT2D eigenvalue weighted by atomic mass is 16.6. The van der Waals surface area contributed by atoms with Crippen LogP contribution in [-0.4, -0.2) is 25.9 Å². The maximum Gasteiger partial charge on any atom is 0.341 e. The van der Waals surface area contributed by atoms with E-state index >= 15 is 0 Å². The first-order valence-corrected chi connectivity index (χ1v) is 8.86. The number of nitrogens with zero attached hydrogens (tertiary/aromatic N) is 1. The van der Waals surface area contributed by atoms with E-state index in [0.717, 1.165) is 16.8 Å². The van der Waals surface area contributed by atoms with Gasteiger partial charge in [0.25, 0.3) is 0 Å². The van der Waals surface area contributed by atoms with Gasteiger partial charge in [-0.25, -0.2) is 4.79 Å². The fourth-order valence-corrected chi connectivity index (χ4v) is 2.58. The molecule has 28 heavy (non-hydrogen) atoms. The van der Waals surface area contributed by atoms with Crippen molar-refractivity contribution in [2.24, 2.45) is 5.16 Å². The Kier molecular flexibility index (Phi) is 8.03. The number of carbonyl (C=O) groups is 1. The number of esters is 1. The van der Waals surface area contributed by atoms with E-state index in [2.05, 4.69) is 18.1 Å². The standard InChI is InChI=1S/C23H25NO4/c1-17-9-5-6-10-19(17)14-13-18(2)24-28-15-20-11-7-8-12-21(20)22(16-26-3)23(25)27-4/h5-14,16H,15H2,1-4H3. The minimum atomic E-state index is -0.477. The molecule has 0 unspecified atom stereocenters. The average molecular weight is 379 g/mol. The van der Waals surface area contributed by atoms with Crippen molar-refractivity contribution in [3.8, 4) is 0 Å². The van der Waals surface area contributed by atoms with Gasteiger partial charge < -0.3 is 14.3 Å². The van der Waals surface area contributed by atoms with E-state index in [4.69, 9.17) is 14.3 Å². The number of methoxy groups -OCH3 is 2. The smallest absolute Gasteiger partial charge is 0.341 e. The Morgan fingerprint density at radius 1 is 1.07 bits per heavy atom. The molecule has 146 valence electrons. The zero-order chi connectivity index (χ0) is 20.4. The van der Waals surface area contributed by atoms with E-state index in [1.165, 1.54) is 26.0 Å². The van der Waals surface area contributed by atoms with Crippen molar-refractivity contribution < 1.29 is 19.1 Å². The lowest BCUT2D eigenvalue weighted by Crippen LogP contribution is -2.07. The molecular formula is C23H25NO4. The SMILES string of the molecule is COC=C(C(=O)OC)c1ccccc1CON=C(C)C=Cc1ccccc1C. The molecule has 0 bridgehead atoms. The third-order valence-corrected chi connectivity index (χ3v) is 4.07. The molecule has 5 nitrogen and oxygen atoms in total. The largest absolute Gasteiger partial charge is 0.503 e. The van der Waals surface area contributed by atoms with E-state index in [1.807, 2.05) is 61.5 Å². The van der Waals surface area contributed by atoms with Gasteiger partial charge in [-0.05, 0) is 36.6 Å². The van der Waals surface area contributed by atoms with Crippen LogP contribution in [0.2, 0.25) is 0 Å². The van der Waals surface area contributed by atoms with Gasteiger partial charge in [-0.2, -0.15) is 0 Å². The highest BCUT2D eigenvalue weighted by molar-refractivity contribution is 6.16. The molecule has 0 spiro atoms. The topological polar surface area (TPSA) is 57.1 Å². The Labute approximate surface area is 165 Å². The normalized spacial score (nSPS) is 12.1. The fourth-order valence-electron chi connectivity index (χ4n) is 2.58. The van der Waals surface area contributed by atoms with Gasteiger partial charge in [0.2, 0.25) is 0 Å². The van der Waals surface area contributed by atoms with Gasteiger partial charge in [-0.3, -0.25) is 0 Å². The molecule has 0 amide bonds. The predicted octanol–water partition coefficient (Wildman–Crippen LogP) is 4.76. The van der Waals surface area contributed by atoms with Crippen LogP contribution in [0.5, 0.6) is 0 Å². The zero-order valence-electron chi connectivity index (χ0n) is 16.6. The van der Waals surface area contributed by atoms with E-state index in [1.54, 1.807) is 0 Å². The highest BCUT2D eigenvalue weighted by Gasteiger charge is 2.16. The Balaban J connectivity index is 2.10. The molecule has 0 saturated heterocycles. The summed E-state index contributed by atoms with van der Waals surface area (Å²) in [4.78, 5) is 17.5. The molecule has 0 atom stereocenters. The molecule has 0 aromatic heterocycles. The van der Waals surface area contributed by atoms with E-state index in [-0.39, 0.29) is 6.61 Å². The minimum Gasteiger partial charge on any atom is -0.503 e. The molecule has 0 heterocycles. The monoisotopic (exact) mass is 379 g/mol.